The number of halogens is 3. The summed E-state index contributed by atoms with van der Waals surface area (Å²) in [6.45, 7) is 4.53. The van der Waals surface area contributed by atoms with Gasteiger partial charge in [-0.15, -0.1) is 0 Å². The average Bonchev–Trinajstić information content (AvgIpc) is 2.77. The van der Waals surface area contributed by atoms with Crippen molar-refractivity contribution in [1.29, 1.82) is 0 Å². The first-order valence-corrected chi connectivity index (χ1v) is 12.8. The van der Waals surface area contributed by atoms with Crippen LogP contribution in [0.2, 0.25) is 5.02 Å². The Morgan fingerprint density at radius 2 is 1.71 bits per heavy atom. The molecule has 0 saturated carbocycles. The van der Waals surface area contributed by atoms with Crippen LogP contribution in [0.3, 0.4) is 0 Å². The molecule has 186 valence electrons. The number of anilines is 1. The SMILES string of the molecule is CCC(C)NC(=O)C(C)N(Cc1ccc(F)cc1)C(=O)CN(c1ccc(F)c(Cl)c1)S(C)(=O)=O. The highest BCUT2D eigenvalue weighted by molar-refractivity contribution is 7.92. The van der Waals surface area contributed by atoms with Gasteiger partial charge in [0.05, 0.1) is 17.0 Å². The number of benzene rings is 2. The van der Waals surface area contributed by atoms with Gasteiger partial charge >= 0.3 is 0 Å². The summed E-state index contributed by atoms with van der Waals surface area (Å²) in [5.41, 5.74) is 0.550. The molecule has 2 atom stereocenters. The van der Waals surface area contributed by atoms with E-state index in [1.165, 1.54) is 42.2 Å². The van der Waals surface area contributed by atoms with Crippen LogP contribution in [0.4, 0.5) is 14.5 Å². The number of rotatable bonds is 10. The Morgan fingerprint density at radius 3 is 2.24 bits per heavy atom. The molecule has 2 aromatic carbocycles. The molecular formula is C23H28ClF2N3O4S. The number of amides is 2. The summed E-state index contributed by atoms with van der Waals surface area (Å²) < 4.78 is 52.7. The maximum atomic E-state index is 13.6. The van der Waals surface area contributed by atoms with Gasteiger partial charge in [0.25, 0.3) is 0 Å². The normalized spacial score (nSPS) is 13.1. The predicted molar refractivity (Wildman–Crippen MR) is 128 cm³/mol. The van der Waals surface area contributed by atoms with Crippen molar-refractivity contribution in [3.05, 3.63) is 64.7 Å². The van der Waals surface area contributed by atoms with Crippen molar-refractivity contribution in [3.8, 4) is 0 Å². The van der Waals surface area contributed by atoms with Gasteiger partial charge in [0, 0.05) is 12.6 Å². The third-order valence-corrected chi connectivity index (χ3v) is 6.74. The van der Waals surface area contributed by atoms with Crippen LogP contribution in [0, 0.1) is 11.6 Å². The highest BCUT2D eigenvalue weighted by Gasteiger charge is 2.30. The Bertz CT molecular complexity index is 1130. The fraction of sp³-hybridized carbons (Fsp3) is 0.391. The van der Waals surface area contributed by atoms with E-state index in [4.69, 9.17) is 11.6 Å². The van der Waals surface area contributed by atoms with E-state index in [0.717, 1.165) is 22.7 Å². The third-order valence-electron chi connectivity index (χ3n) is 5.30. The largest absolute Gasteiger partial charge is 0.352 e. The van der Waals surface area contributed by atoms with Crippen LogP contribution in [0.15, 0.2) is 42.5 Å². The summed E-state index contributed by atoms with van der Waals surface area (Å²) in [6.07, 6.45) is 1.58. The maximum Gasteiger partial charge on any atom is 0.244 e. The lowest BCUT2D eigenvalue weighted by Gasteiger charge is -2.32. The maximum absolute atomic E-state index is 13.6. The van der Waals surface area contributed by atoms with Crippen LogP contribution in [-0.2, 0) is 26.2 Å². The van der Waals surface area contributed by atoms with Crippen LogP contribution in [0.1, 0.15) is 32.8 Å². The van der Waals surface area contributed by atoms with E-state index in [1.807, 2.05) is 13.8 Å². The lowest BCUT2D eigenvalue weighted by molar-refractivity contribution is -0.139. The van der Waals surface area contributed by atoms with Gasteiger partial charge in [-0.1, -0.05) is 30.7 Å². The molecule has 0 aliphatic carbocycles. The molecule has 0 radical (unpaired) electrons. The van der Waals surface area contributed by atoms with Gasteiger partial charge in [0.1, 0.15) is 24.2 Å². The van der Waals surface area contributed by atoms with E-state index < -0.39 is 46.1 Å². The molecule has 2 amide bonds. The number of nitrogens with one attached hydrogen (secondary N) is 1. The quantitative estimate of drug-likeness (QED) is 0.522. The second kappa shape index (κ2) is 11.6. The summed E-state index contributed by atoms with van der Waals surface area (Å²) in [4.78, 5) is 27.4. The average molecular weight is 516 g/mol. The smallest absolute Gasteiger partial charge is 0.244 e. The molecule has 11 heteroatoms. The second-order valence-corrected chi connectivity index (χ2v) is 10.3. The van der Waals surface area contributed by atoms with Crippen LogP contribution in [0.25, 0.3) is 0 Å². The number of carbonyl (C=O) groups is 2. The van der Waals surface area contributed by atoms with Crippen molar-refractivity contribution >= 4 is 39.1 Å². The van der Waals surface area contributed by atoms with Gasteiger partial charge in [0.15, 0.2) is 0 Å². The Kier molecular flexibility index (Phi) is 9.40. The zero-order chi connectivity index (χ0) is 25.6. The summed E-state index contributed by atoms with van der Waals surface area (Å²) >= 11 is 5.81. The first-order valence-electron chi connectivity index (χ1n) is 10.6. The van der Waals surface area contributed by atoms with E-state index >= 15 is 0 Å². The van der Waals surface area contributed by atoms with Gasteiger partial charge in [-0.25, -0.2) is 17.2 Å². The first-order chi connectivity index (χ1) is 15.8. The highest BCUT2D eigenvalue weighted by atomic mass is 35.5. The minimum absolute atomic E-state index is 0.000641. The summed E-state index contributed by atoms with van der Waals surface area (Å²) in [6, 6.07) is 7.62. The van der Waals surface area contributed by atoms with Crippen molar-refractivity contribution in [2.24, 2.45) is 0 Å². The predicted octanol–water partition coefficient (Wildman–Crippen LogP) is 3.72. The summed E-state index contributed by atoms with van der Waals surface area (Å²) in [5, 5.41) is 2.50. The molecule has 1 N–H and O–H groups in total. The molecule has 0 spiro atoms. The minimum atomic E-state index is -3.97. The monoisotopic (exact) mass is 515 g/mol. The van der Waals surface area contributed by atoms with Crippen LogP contribution < -0.4 is 9.62 Å². The third kappa shape index (κ3) is 7.39. The Hall–Kier alpha value is -2.72. The molecule has 2 aromatic rings. The minimum Gasteiger partial charge on any atom is -0.352 e. The van der Waals surface area contributed by atoms with Crippen molar-refractivity contribution < 1.29 is 26.8 Å². The fourth-order valence-electron chi connectivity index (χ4n) is 3.09. The molecule has 0 fully saturated rings. The fourth-order valence-corrected chi connectivity index (χ4v) is 4.10. The molecule has 2 rings (SSSR count). The number of sulfonamides is 1. The van der Waals surface area contributed by atoms with E-state index in [-0.39, 0.29) is 23.3 Å². The standard InChI is InChI=1S/C23H28ClF2N3O4S/c1-5-15(2)27-23(31)16(3)28(13-17-6-8-18(25)9-7-17)22(30)14-29(34(4,32)33)19-10-11-21(26)20(24)12-19/h6-12,15-16H,5,13-14H2,1-4H3,(H,27,31). The van der Waals surface area contributed by atoms with Gasteiger partial charge in [-0.3, -0.25) is 13.9 Å². The molecule has 0 aromatic heterocycles. The summed E-state index contributed by atoms with van der Waals surface area (Å²) in [7, 11) is -3.97. The van der Waals surface area contributed by atoms with Crippen molar-refractivity contribution in [3.63, 3.8) is 0 Å². The zero-order valence-electron chi connectivity index (χ0n) is 19.4. The van der Waals surface area contributed by atoms with Gasteiger partial charge in [-0.2, -0.15) is 0 Å². The highest BCUT2D eigenvalue weighted by Crippen LogP contribution is 2.25. The van der Waals surface area contributed by atoms with E-state index in [0.29, 0.717) is 12.0 Å². The molecular weight excluding hydrogens is 488 g/mol. The second-order valence-electron chi connectivity index (χ2n) is 8.01. The Labute approximate surface area is 203 Å². The molecule has 34 heavy (non-hydrogen) atoms. The van der Waals surface area contributed by atoms with E-state index in [9.17, 15) is 26.8 Å². The van der Waals surface area contributed by atoms with Crippen molar-refractivity contribution in [2.45, 2.75) is 45.8 Å². The van der Waals surface area contributed by atoms with Gasteiger partial charge in [-0.05, 0) is 56.2 Å². The number of hydrogen-bond donors (Lipinski definition) is 1. The number of hydrogen-bond acceptors (Lipinski definition) is 4. The van der Waals surface area contributed by atoms with Crippen LogP contribution >= 0.6 is 11.6 Å². The molecule has 0 saturated heterocycles. The van der Waals surface area contributed by atoms with Crippen LogP contribution in [0.5, 0.6) is 0 Å². The Balaban J connectivity index is 2.39. The Morgan fingerprint density at radius 1 is 1.09 bits per heavy atom. The molecule has 0 heterocycles. The zero-order valence-corrected chi connectivity index (χ0v) is 21.0. The lowest BCUT2D eigenvalue weighted by Crippen LogP contribution is -2.52. The van der Waals surface area contributed by atoms with Gasteiger partial charge in [0.2, 0.25) is 21.8 Å². The first kappa shape index (κ1) is 27.5. The van der Waals surface area contributed by atoms with Crippen molar-refractivity contribution in [2.75, 3.05) is 17.1 Å². The number of nitrogens with zero attached hydrogens (tertiary/aromatic N) is 2. The molecule has 0 aliphatic heterocycles. The van der Waals surface area contributed by atoms with E-state index in [2.05, 4.69) is 5.32 Å². The van der Waals surface area contributed by atoms with Crippen molar-refractivity contribution in [1.82, 2.24) is 10.2 Å². The summed E-state index contributed by atoms with van der Waals surface area (Å²) in [5.74, 6) is -2.29. The molecule has 0 bridgehead atoms. The van der Waals surface area contributed by atoms with E-state index in [1.54, 1.807) is 0 Å². The molecule has 7 nitrogen and oxygen atoms in total. The topological polar surface area (TPSA) is 86.8 Å². The van der Waals surface area contributed by atoms with Crippen LogP contribution in [-0.4, -0.2) is 50.0 Å². The lowest BCUT2D eigenvalue weighted by atomic mass is 10.1. The number of carbonyl (C=O) groups excluding carboxylic acids is 2. The molecule has 2 unspecified atom stereocenters. The van der Waals surface area contributed by atoms with Gasteiger partial charge < -0.3 is 10.2 Å². The molecule has 0 aliphatic rings.